The number of rotatable bonds is 3. The molecule has 1 aliphatic heterocycles. The van der Waals surface area contributed by atoms with Gasteiger partial charge in [0.25, 0.3) is 0 Å². The van der Waals surface area contributed by atoms with E-state index < -0.39 is 0 Å². The minimum atomic E-state index is -0.0778. The number of nitrogens with one attached hydrogen (secondary N) is 1. The molecule has 0 spiro atoms. The monoisotopic (exact) mass is 168 g/mol. The Kier molecular flexibility index (Phi) is 3.07. The van der Waals surface area contributed by atoms with Crippen molar-refractivity contribution in [1.82, 2.24) is 5.32 Å². The van der Waals surface area contributed by atoms with Gasteiger partial charge >= 0.3 is 0 Å². The predicted octanol–water partition coefficient (Wildman–Crippen LogP) is 1.06. The SMILES string of the molecule is CC(C#N)NCC1(C)CCCO1. The first kappa shape index (κ1) is 9.50. The van der Waals surface area contributed by atoms with Gasteiger partial charge in [0.15, 0.2) is 0 Å². The molecule has 0 radical (unpaired) electrons. The van der Waals surface area contributed by atoms with Crippen LogP contribution in [0, 0.1) is 11.3 Å². The van der Waals surface area contributed by atoms with Crippen LogP contribution in [0.5, 0.6) is 0 Å². The highest BCUT2D eigenvalue weighted by Crippen LogP contribution is 2.23. The van der Waals surface area contributed by atoms with E-state index in [-0.39, 0.29) is 11.6 Å². The fraction of sp³-hybridized carbons (Fsp3) is 0.889. The molecule has 68 valence electrons. The molecule has 2 unspecified atom stereocenters. The van der Waals surface area contributed by atoms with Crippen LogP contribution < -0.4 is 5.32 Å². The Hall–Kier alpha value is -0.590. The van der Waals surface area contributed by atoms with Gasteiger partial charge in [-0.25, -0.2) is 0 Å². The second-order valence-corrected chi connectivity index (χ2v) is 3.63. The van der Waals surface area contributed by atoms with Gasteiger partial charge in [0.2, 0.25) is 0 Å². The number of hydrogen-bond acceptors (Lipinski definition) is 3. The Morgan fingerprint density at radius 3 is 3.00 bits per heavy atom. The van der Waals surface area contributed by atoms with Gasteiger partial charge in [0, 0.05) is 13.2 Å². The van der Waals surface area contributed by atoms with Gasteiger partial charge in [0.05, 0.1) is 17.7 Å². The lowest BCUT2D eigenvalue weighted by atomic mass is 10.0. The van der Waals surface area contributed by atoms with Gasteiger partial charge in [-0.3, -0.25) is 5.32 Å². The van der Waals surface area contributed by atoms with Gasteiger partial charge in [-0.1, -0.05) is 0 Å². The molecule has 3 nitrogen and oxygen atoms in total. The summed E-state index contributed by atoms with van der Waals surface area (Å²) in [7, 11) is 0. The van der Waals surface area contributed by atoms with Crippen molar-refractivity contribution < 1.29 is 4.74 Å². The zero-order valence-electron chi connectivity index (χ0n) is 7.76. The van der Waals surface area contributed by atoms with E-state index in [1.165, 1.54) is 0 Å². The van der Waals surface area contributed by atoms with Crippen LogP contribution in [-0.4, -0.2) is 24.8 Å². The number of hydrogen-bond donors (Lipinski definition) is 1. The highest BCUT2D eigenvalue weighted by molar-refractivity contribution is 4.90. The number of nitrogens with zero attached hydrogens (tertiary/aromatic N) is 1. The van der Waals surface area contributed by atoms with Crippen LogP contribution in [0.1, 0.15) is 26.7 Å². The Morgan fingerprint density at radius 2 is 2.50 bits per heavy atom. The molecule has 0 aromatic heterocycles. The third-order valence-electron chi connectivity index (χ3n) is 2.28. The van der Waals surface area contributed by atoms with Crippen LogP contribution in [-0.2, 0) is 4.74 Å². The summed E-state index contributed by atoms with van der Waals surface area (Å²) in [4.78, 5) is 0. The van der Waals surface area contributed by atoms with Crippen LogP contribution in [0.3, 0.4) is 0 Å². The molecule has 12 heavy (non-hydrogen) atoms. The molecular formula is C9H16N2O. The van der Waals surface area contributed by atoms with Crippen LogP contribution >= 0.6 is 0 Å². The van der Waals surface area contributed by atoms with E-state index in [1.807, 2.05) is 6.92 Å². The lowest BCUT2D eigenvalue weighted by molar-refractivity contribution is 0.0202. The van der Waals surface area contributed by atoms with Gasteiger partial charge in [-0.15, -0.1) is 0 Å². The minimum Gasteiger partial charge on any atom is -0.374 e. The maximum atomic E-state index is 8.54. The molecule has 1 rings (SSSR count). The van der Waals surface area contributed by atoms with E-state index >= 15 is 0 Å². The van der Waals surface area contributed by atoms with Crippen LogP contribution in [0.4, 0.5) is 0 Å². The minimum absolute atomic E-state index is 0.0366. The average molecular weight is 168 g/mol. The number of ether oxygens (including phenoxy) is 1. The zero-order chi connectivity index (χ0) is 9.03. The van der Waals surface area contributed by atoms with E-state index in [0.717, 1.165) is 26.0 Å². The fourth-order valence-corrected chi connectivity index (χ4v) is 1.39. The second-order valence-electron chi connectivity index (χ2n) is 3.63. The molecule has 3 heteroatoms. The maximum absolute atomic E-state index is 8.54. The molecule has 1 N–H and O–H groups in total. The standard InChI is InChI=1S/C9H16N2O/c1-8(6-10)11-7-9(2)4-3-5-12-9/h8,11H,3-5,7H2,1-2H3. The Balaban J connectivity index is 2.26. The van der Waals surface area contributed by atoms with Crippen molar-refractivity contribution in [2.24, 2.45) is 0 Å². The van der Waals surface area contributed by atoms with Crippen LogP contribution in [0.25, 0.3) is 0 Å². The van der Waals surface area contributed by atoms with Gasteiger partial charge in [0.1, 0.15) is 0 Å². The molecule has 1 aliphatic rings. The normalized spacial score (nSPS) is 31.4. The quantitative estimate of drug-likeness (QED) is 0.685. The molecular weight excluding hydrogens is 152 g/mol. The summed E-state index contributed by atoms with van der Waals surface area (Å²) in [6.07, 6.45) is 2.23. The summed E-state index contributed by atoms with van der Waals surface area (Å²) in [5.74, 6) is 0. The van der Waals surface area contributed by atoms with E-state index in [4.69, 9.17) is 10.00 Å². The first-order valence-corrected chi connectivity index (χ1v) is 4.43. The topological polar surface area (TPSA) is 45.0 Å². The van der Waals surface area contributed by atoms with Crippen LogP contribution in [0.15, 0.2) is 0 Å². The summed E-state index contributed by atoms with van der Waals surface area (Å²) >= 11 is 0. The second kappa shape index (κ2) is 3.88. The van der Waals surface area contributed by atoms with Crippen molar-refractivity contribution in [2.75, 3.05) is 13.2 Å². The number of nitriles is 1. The third-order valence-corrected chi connectivity index (χ3v) is 2.28. The van der Waals surface area contributed by atoms with E-state index in [9.17, 15) is 0 Å². The van der Waals surface area contributed by atoms with Crippen LogP contribution in [0.2, 0.25) is 0 Å². The van der Waals surface area contributed by atoms with Gasteiger partial charge in [-0.05, 0) is 26.7 Å². The summed E-state index contributed by atoms with van der Waals surface area (Å²) in [6, 6.07) is 2.06. The van der Waals surface area contributed by atoms with Crippen molar-refractivity contribution >= 4 is 0 Å². The van der Waals surface area contributed by atoms with Crippen molar-refractivity contribution in [3.05, 3.63) is 0 Å². The molecule has 0 aromatic rings. The Morgan fingerprint density at radius 1 is 1.75 bits per heavy atom. The van der Waals surface area contributed by atoms with Gasteiger partial charge < -0.3 is 4.74 Å². The highest BCUT2D eigenvalue weighted by atomic mass is 16.5. The molecule has 0 saturated carbocycles. The Labute approximate surface area is 73.7 Å². The third kappa shape index (κ3) is 2.47. The lowest BCUT2D eigenvalue weighted by Crippen LogP contribution is -2.40. The average Bonchev–Trinajstić information content (AvgIpc) is 2.49. The van der Waals surface area contributed by atoms with Gasteiger partial charge in [-0.2, -0.15) is 5.26 Å². The van der Waals surface area contributed by atoms with E-state index in [0.29, 0.717) is 0 Å². The summed E-state index contributed by atoms with van der Waals surface area (Å²) in [6.45, 7) is 5.59. The first-order chi connectivity index (χ1) is 5.66. The van der Waals surface area contributed by atoms with E-state index in [1.54, 1.807) is 0 Å². The molecule has 0 bridgehead atoms. The van der Waals surface area contributed by atoms with E-state index in [2.05, 4.69) is 18.3 Å². The summed E-state index contributed by atoms with van der Waals surface area (Å²) in [5, 5.41) is 11.7. The predicted molar refractivity (Wildman–Crippen MR) is 46.7 cm³/mol. The Bertz CT molecular complexity index is 179. The first-order valence-electron chi connectivity index (χ1n) is 4.43. The smallest absolute Gasteiger partial charge is 0.0925 e. The van der Waals surface area contributed by atoms with Crippen molar-refractivity contribution in [3.8, 4) is 6.07 Å². The highest BCUT2D eigenvalue weighted by Gasteiger charge is 2.29. The summed E-state index contributed by atoms with van der Waals surface area (Å²) in [5.41, 5.74) is -0.0366. The molecule has 0 aliphatic carbocycles. The fourth-order valence-electron chi connectivity index (χ4n) is 1.39. The molecule has 0 aromatic carbocycles. The maximum Gasteiger partial charge on any atom is 0.0925 e. The summed E-state index contributed by atoms with van der Waals surface area (Å²) < 4.78 is 5.56. The molecule has 2 atom stereocenters. The molecule has 0 amide bonds. The molecule has 1 heterocycles. The zero-order valence-corrected chi connectivity index (χ0v) is 7.76. The van der Waals surface area contributed by atoms with Crippen molar-refractivity contribution in [3.63, 3.8) is 0 Å². The lowest BCUT2D eigenvalue weighted by Gasteiger charge is -2.24. The van der Waals surface area contributed by atoms with Crippen molar-refractivity contribution in [2.45, 2.75) is 38.3 Å². The largest absolute Gasteiger partial charge is 0.374 e. The molecule has 1 saturated heterocycles. The van der Waals surface area contributed by atoms with Crippen molar-refractivity contribution in [1.29, 1.82) is 5.26 Å². The molecule has 1 fully saturated rings.